The van der Waals surface area contributed by atoms with E-state index in [0.29, 0.717) is 24.8 Å². The number of nitrogens with zero attached hydrogens (tertiary/aromatic N) is 2. The van der Waals surface area contributed by atoms with Crippen LogP contribution in [0.2, 0.25) is 0 Å². The summed E-state index contributed by atoms with van der Waals surface area (Å²) in [6, 6.07) is 0. The summed E-state index contributed by atoms with van der Waals surface area (Å²) < 4.78 is 4.85. The van der Waals surface area contributed by atoms with Crippen molar-refractivity contribution in [3.05, 3.63) is 11.9 Å². The molecule has 1 aromatic heterocycles. The molecule has 0 atom stereocenters. The first-order valence-electron chi connectivity index (χ1n) is 6.27. The summed E-state index contributed by atoms with van der Waals surface area (Å²) in [6.07, 6.45) is 3.10. The molecule has 4 N–H and O–H groups in total. The Kier molecular flexibility index (Phi) is 6.59. The molecular weight excluding hydrogens is 246 g/mol. The lowest BCUT2D eigenvalue weighted by molar-refractivity contribution is -0.119. The average Bonchev–Trinajstić information content (AvgIpc) is 2.40. The van der Waals surface area contributed by atoms with Crippen molar-refractivity contribution in [3.8, 4) is 0 Å². The van der Waals surface area contributed by atoms with E-state index in [4.69, 9.17) is 10.5 Å². The third-order valence-electron chi connectivity index (χ3n) is 2.52. The van der Waals surface area contributed by atoms with Gasteiger partial charge in [0.2, 0.25) is 5.91 Å². The van der Waals surface area contributed by atoms with Crippen LogP contribution in [0.1, 0.15) is 18.9 Å². The van der Waals surface area contributed by atoms with Gasteiger partial charge in [-0.05, 0) is 6.42 Å². The SMILES string of the molecule is CCCc1c(N)ncnc1NCC(=O)NCCOC. The fraction of sp³-hybridized carbons (Fsp3) is 0.583. The monoisotopic (exact) mass is 267 g/mol. The summed E-state index contributed by atoms with van der Waals surface area (Å²) >= 11 is 0. The first-order chi connectivity index (χ1) is 9.19. The van der Waals surface area contributed by atoms with Crippen LogP contribution < -0.4 is 16.4 Å². The number of carbonyl (C=O) groups is 1. The van der Waals surface area contributed by atoms with Crippen LogP contribution in [-0.2, 0) is 16.0 Å². The quantitative estimate of drug-likeness (QED) is 0.581. The smallest absolute Gasteiger partial charge is 0.239 e. The average molecular weight is 267 g/mol. The third-order valence-corrected chi connectivity index (χ3v) is 2.52. The van der Waals surface area contributed by atoms with E-state index in [0.717, 1.165) is 18.4 Å². The van der Waals surface area contributed by atoms with E-state index in [1.54, 1.807) is 7.11 Å². The number of methoxy groups -OCH3 is 1. The van der Waals surface area contributed by atoms with Crippen LogP contribution >= 0.6 is 0 Å². The molecule has 0 aliphatic heterocycles. The molecule has 0 fully saturated rings. The Morgan fingerprint density at radius 3 is 2.95 bits per heavy atom. The highest BCUT2D eigenvalue weighted by molar-refractivity contribution is 5.80. The van der Waals surface area contributed by atoms with Crippen molar-refractivity contribution >= 4 is 17.5 Å². The van der Waals surface area contributed by atoms with Gasteiger partial charge in [0.1, 0.15) is 18.0 Å². The number of carbonyl (C=O) groups excluding carboxylic acids is 1. The molecule has 7 nitrogen and oxygen atoms in total. The topological polar surface area (TPSA) is 102 Å². The highest BCUT2D eigenvalue weighted by Crippen LogP contribution is 2.18. The molecule has 1 aromatic rings. The molecule has 1 rings (SSSR count). The lowest BCUT2D eigenvalue weighted by atomic mass is 10.1. The lowest BCUT2D eigenvalue weighted by Gasteiger charge is -2.11. The van der Waals surface area contributed by atoms with Crippen LogP contribution in [0.4, 0.5) is 11.6 Å². The molecule has 0 radical (unpaired) electrons. The number of amides is 1. The Hall–Kier alpha value is -1.89. The summed E-state index contributed by atoms with van der Waals surface area (Å²) in [5.74, 6) is 0.965. The van der Waals surface area contributed by atoms with Gasteiger partial charge in [-0.3, -0.25) is 4.79 Å². The van der Waals surface area contributed by atoms with E-state index in [2.05, 4.69) is 20.6 Å². The predicted octanol–water partition coefficient (Wildman–Crippen LogP) is 0.186. The Morgan fingerprint density at radius 1 is 1.47 bits per heavy atom. The Bertz CT molecular complexity index is 411. The molecule has 1 heterocycles. The maximum Gasteiger partial charge on any atom is 0.239 e. The first-order valence-corrected chi connectivity index (χ1v) is 6.27. The molecule has 0 saturated carbocycles. The lowest BCUT2D eigenvalue weighted by Crippen LogP contribution is -2.32. The van der Waals surface area contributed by atoms with E-state index in [1.165, 1.54) is 6.33 Å². The number of ether oxygens (including phenoxy) is 1. The number of rotatable bonds is 8. The van der Waals surface area contributed by atoms with Gasteiger partial charge in [0.25, 0.3) is 0 Å². The van der Waals surface area contributed by atoms with Crippen LogP contribution in [0.3, 0.4) is 0 Å². The Balaban J connectivity index is 2.52. The van der Waals surface area contributed by atoms with Crippen LogP contribution in [0.15, 0.2) is 6.33 Å². The van der Waals surface area contributed by atoms with E-state index >= 15 is 0 Å². The van der Waals surface area contributed by atoms with Gasteiger partial charge in [-0.15, -0.1) is 0 Å². The van der Waals surface area contributed by atoms with Gasteiger partial charge in [-0.25, -0.2) is 9.97 Å². The van der Waals surface area contributed by atoms with E-state index < -0.39 is 0 Å². The number of nitrogens with two attached hydrogens (primary N) is 1. The summed E-state index contributed by atoms with van der Waals surface area (Å²) in [5.41, 5.74) is 6.66. The van der Waals surface area contributed by atoms with Gasteiger partial charge in [0, 0.05) is 19.2 Å². The molecule has 7 heteroatoms. The van der Waals surface area contributed by atoms with Gasteiger partial charge in [0.15, 0.2) is 0 Å². The number of hydrogen-bond donors (Lipinski definition) is 3. The minimum atomic E-state index is -0.114. The number of nitrogens with one attached hydrogen (secondary N) is 2. The molecule has 0 spiro atoms. The zero-order valence-electron chi connectivity index (χ0n) is 11.4. The number of hydrogen-bond acceptors (Lipinski definition) is 6. The molecule has 0 aliphatic rings. The summed E-state index contributed by atoms with van der Waals surface area (Å²) in [4.78, 5) is 19.6. The van der Waals surface area contributed by atoms with E-state index in [9.17, 15) is 4.79 Å². The maximum atomic E-state index is 11.5. The van der Waals surface area contributed by atoms with Crippen molar-refractivity contribution in [2.24, 2.45) is 0 Å². The van der Waals surface area contributed by atoms with Crippen molar-refractivity contribution in [3.63, 3.8) is 0 Å². The van der Waals surface area contributed by atoms with E-state index in [-0.39, 0.29) is 12.5 Å². The van der Waals surface area contributed by atoms with Gasteiger partial charge < -0.3 is 21.1 Å². The maximum absolute atomic E-state index is 11.5. The normalized spacial score (nSPS) is 10.2. The van der Waals surface area contributed by atoms with Gasteiger partial charge in [-0.2, -0.15) is 0 Å². The second kappa shape index (κ2) is 8.25. The molecule has 0 aromatic carbocycles. The summed E-state index contributed by atoms with van der Waals surface area (Å²) in [6.45, 7) is 3.18. The van der Waals surface area contributed by atoms with Crippen molar-refractivity contribution in [1.82, 2.24) is 15.3 Å². The Labute approximate surface area is 113 Å². The highest BCUT2D eigenvalue weighted by atomic mass is 16.5. The second-order valence-electron chi connectivity index (χ2n) is 4.03. The second-order valence-corrected chi connectivity index (χ2v) is 4.03. The van der Waals surface area contributed by atoms with Gasteiger partial charge in [-0.1, -0.05) is 13.3 Å². The molecular formula is C12H21N5O2. The molecule has 0 aliphatic carbocycles. The number of anilines is 2. The molecule has 0 bridgehead atoms. The van der Waals surface area contributed by atoms with Crippen LogP contribution in [-0.4, -0.2) is 42.7 Å². The highest BCUT2D eigenvalue weighted by Gasteiger charge is 2.09. The summed E-state index contributed by atoms with van der Waals surface area (Å²) in [5, 5.41) is 5.70. The first kappa shape index (κ1) is 15.2. The molecule has 106 valence electrons. The number of aromatic nitrogens is 2. The number of nitrogen functional groups attached to an aromatic ring is 1. The molecule has 1 amide bonds. The van der Waals surface area contributed by atoms with Crippen molar-refractivity contribution in [1.29, 1.82) is 0 Å². The van der Waals surface area contributed by atoms with Crippen LogP contribution in [0.25, 0.3) is 0 Å². The fourth-order valence-corrected chi connectivity index (χ4v) is 1.59. The van der Waals surface area contributed by atoms with Gasteiger partial charge >= 0.3 is 0 Å². The standard InChI is InChI=1S/C12H21N5O2/c1-3-4-9-11(13)16-8-17-12(9)15-7-10(18)14-5-6-19-2/h8H,3-7H2,1-2H3,(H,14,18)(H3,13,15,16,17). The molecule has 0 saturated heterocycles. The predicted molar refractivity (Wildman–Crippen MR) is 73.8 cm³/mol. The van der Waals surface area contributed by atoms with Crippen LogP contribution in [0, 0.1) is 0 Å². The third kappa shape index (κ3) is 5.09. The van der Waals surface area contributed by atoms with E-state index in [1.807, 2.05) is 6.92 Å². The van der Waals surface area contributed by atoms with Crippen molar-refractivity contribution in [2.45, 2.75) is 19.8 Å². The van der Waals surface area contributed by atoms with Crippen molar-refractivity contribution < 1.29 is 9.53 Å². The van der Waals surface area contributed by atoms with Crippen LogP contribution in [0.5, 0.6) is 0 Å². The zero-order chi connectivity index (χ0) is 14.1. The minimum absolute atomic E-state index is 0.114. The molecule has 19 heavy (non-hydrogen) atoms. The zero-order valence-corrected chi connectivity index (χ0v) is 11.4. The largest absolute Gasteiger partial charge is 0.383 e. The van der Waals surface area contributed by atoms with Gasteiger partial charge in [0.05, 0.1) is 13.2 Å². The molecule has 0 unspecified atom stereocenters. The summed E-state index contributed by atoms with van der Waals surface area (Å²) in [7, 11) is 1.59. The fourth-order valence-electron chi connectivity index (χ4n) is 1.59. The Morgan fingerprint density at radius 2 is 2.26 bits per heavy atom. The van der Waals surface area contributed by atoms with Crippen molar-refractivity contribution in [2.75, 3.05) is 37.9 Å². The minimum Gasteiger partial charge on any atom is -0.383 e.